The minimum absolute atomic E-state index is 0.201. The first-order chi connectivity index (χ1) is 10.2. The molecule has 21 heavy (non-hydrogen) atoms. The number of hydrogen-bond acceptors (Lipinski definition) is 3. The van der Waals surface area contributed by atoms with E-state index in [2.05, 4.69) is 23.2 Å². The first-order valence-corrected chi connectivity index (χ1v) is 8.20. The van der Waals surface area contributed by atoms with Crippen molar-refractivity contribution in [3.05, 3.63) is 34.9 Å². The molecule has 116 valence electrons. The van der Waals surface area contributed by atoms with Gasteiger partial charge in [-0.25, -0.2) is 0 Å². The van der Waals surface area contributed by atoms with E-state index in [9.17, 15) is 4.79 Å². The molecule has 1 N–H and O–H groups in total. The van der Waals surface area contributed by atoms with E-state index in [4.69, 9.17) is 0 Å². The fourth-order valence-corrected chi connectivity index (χ4v) is 3.02. The van der Waals surface area contributed by atoms with E-state index in [1.807, 2.05) is 19.1 Å². The van der Waals surface area contributed by atoms with Crippen molar-refractivity contribution in [2.45, 2.75) is 39.5 Å². The molecular weight excluding hydrogens is 260 g/mol. The van der Waals surface area contributed by atoms with Crippen LogP contribution in [0.5, 0.6) is 0 Å². The number of unbranched alkanes of at least 4 members (excludes halogenated alkanes) is 1. The van der Waals surface area contributed by atoms with Gasteiger partial charge >= 0.3 is 0 Å². The summed E-state index contributed by atoms with van der Waals surface area (Å²) in [7, 11) is 0. The molecule has 1 saturated heterocycles. The number of Topliss-reactive ketones (excluding diaryl/α,β-unsaturated/α-hetero) is 1. The summed E-state index contributed by atoms with van der Waals surface area (Å²) in [6.45, 7) is 9.22. The zero-order chi connectivity index (χ0) is 15.1. The Kier molecular flexibility index (Phi) is 6.40. The summed E-state index contributed by atoms with van der Waals surface area (Å²) in [5, 5.41) is 3.28. The average molecular weight is 288 g/mol. The Morgan fingerprint density at radius 3 is 2.67 bits per heavy atom. The van der Waals surface area contributed by atoms with Crippen LogP contribution in [-0.2, 0) is 0 Å². The number of nitrogens with one attached hydrogen (secondary N) is 1. The average Bonchev–Trinajstić information content (AvgIpc) is 2.95. The Bertz CT molecular complexity index is 464. The van der Waals surface area contributed by atoms with E-state index in [1.165, 1.54) is 44.5 Å². The molecule has 0 bridgehead atoms. The van der Waals surface area contributed by atoms with Crippen molar-refractivity contribution in [2.24, 2.45) is 0 Å². The normalized spacial score (nSPS) is 15.5. The van der Waals surface area contributed by atoms with Crippen molar-refractivity contribution in [1.82, 2.24) is 10.2 Å². The van der Waals surface area contributed by atoms with Crippen LogP contribution in [0.4, 0.5) is 0 Å². The second kappa shape index (κ2) is 8.30. The SMILES string of the molecule is Cc1ccc(C(=O)CNCCCCN2CCCC2)c(C)c1. The second-order valence-corrected chi connectivity index (χ2v) is 6.17. The van der Waals surface area contributed by atoms with Crippen molar-refractivity contribution >= 4 is 5.78 Å². The highest BCUT2D eigenvalue weighted by molar-refractivity contribution is 5.98. The molecule has 0 spiro atoms. The quantitative estimate of drug-likeness (QED) is 0.589. The molecule has 0 saturated carbocycles. The maximum absolute atomic E-state index is 12.1. The highest BCUT2D eigenvalue weighted by Crippen LogP contribution is 2.11. The Labute approximate surface area is 128 Å². The lowest BCUT2D eigenvalue weighted by Gasteiger charge is -2.14. The van der Waals surface area contributed by atoms with Gasteiger partial charge in [0.1, 0.15) is 0 Å². The van der Waals surface area contributed by atoms with E-state index in [0.29, 0.717) is 6.54 Å². The number of carbonyl (C=O) groups excluding carboxylic acids is 1. The molecule has 0 atom stereocenters. The van der Waals surface area contributed by atoms with E-state index < -0.39 is 0 Å². The molecule has 2 rings (SSSR count). The predicted molar refractivity (Wildman–Crippen MR) is 88.0 cm³/mol. The minimum Gasteiger partial charge on any atom is -0.310 e. The zero-order valence-corrected chi connectivity index (χ0v) is 13.5. The molecule has 1 aliphatic heterocycles. The van der Waals surface area contributed by atoms with Crippen LogP contribution in [0.2, 0.25) is 0 Å². The van der Waals surface area contributed by atoms with Crippen molar-refractivity contribution in [2.75, 3.05) is 32.7 Å². The summed E-state index contributed by atoms with van der Waals surface area (Å²) in [6, 6.07) is 6.03. The van der Waals surface area contributed by atoms with Gasteiger partial charge in [0.05, 0.1) is 6.54 Å². The van der Waals surface area contributed by atoms with Crippen LogP contribution in [0.3, 0.4) is 0 Å². The number of hydrogen-bond donors (Lipinski definition) is 1. The first kappa shape index (κ1) is 16.2. The van der Waals surface area contributed by atoms with Gasteiger partial charge in [0.2, 0.25) is 0 Å². The summed E-state index contributed by atoms with van der Waals surface area (Å²) in [5.74, 6) is 0.201. The van der Waals surface area contributed by atoms with Crippen LogP contribution in [0.15, 0.2) is 18.2 Å². The van der Waals surface area contributed by atoms with Gasteiger partial charge in [-0.3, -0.25) is 4.79 Å². The highest BCUT2D eigenvalue weighted by Gasteiger charge is 2.10. The number of carbonyl (C=O) groups is 1. The number of likely N-dealkylation sites (tertiary alicyclic amines) is 1. The van der Waals surface area contributed by atoms with Crippen LogP contribution in [0.1, 0.15) is 47.2 Å². The third kappa shape index (κ3) is 5.25. The number of nitrogens with zero attached hydrogens (tertiary/aromatic N) is 1. The van der Waals surface area contributed by atoms with Crippen molar-refractivity contribution in [3.8, 4) is 0 Å². The van der Waals surface area contributed by atoms with Gasteiger partial charge in [-0.2, -0.15) is 0 Å². The number of rotatable bonds is 8. The number of aryl methyl sites for hydroxylation is 2. The molecule has 1 aromatic carbocycles. The fourth-order valence-electron chi connectivity index (χ4n) is 3.02. The molecule has 3 nitrogen and oxygen atoms in total. The number of ketones is 1. The van der Waals surface area contributed by atoms with Crippen LogP contribution < -0.4 is 5.32 Å². The van der Waals surface area contributed by atoms with Gasteiger partial charge in [-0.05, 0) is 71.3 Å². The largest absolute Gasteiger partial charge is 0.310 e. The topological polar surface area (TPSA) is 32.3 Å². The standard InChI is InChI=1S/C18H28N2O/c1-15-7-8-17(16(2)13-15)18(21)14-19-9-3-4-10-20-11-5-6-12-20/h7-8,13,19H,3-6,9-12,14H2,1-2H3. The summed E-state index contributed by atoms with van der Waals surface area (Å²) < 4.78 is 0. The van der Waals surface area contributed by atoms with Gasteiger partial charge in [-0.15, -0.1) is 0 Å². The Balaban J connectivity index is 1.60. The van der Waals surface area contributed by atoms with Gasteiger partial charge in [0, 0.05) is 5.56 Å². The highest BCUT2D eigenvalue weighted by atomic mass is 16.1. The molecule has 1 heterocycles. The van der Waals surface area contributed by atoms with Crippen molar-refractivity contribution in [1.29, 1.82) is 0 Å². The Morgan fingerprint density at radius 1 is 1.19 bits per heavy atom. The first-order valence-electron chi connectivity index (χ1n) is 8.20. The van der Waals surface area contributed by atoms with Gasteiger partial charge in [-0.1, -0.05) is 23.8 Å². The van der Waals surface area contributed by atoms with E-state index in [0.717, 1.165) is 24.1 Å². The summed E-state index contributed by atoms with van der Waals surface area (Å²) in [6.07, 6.45) is 5.10. The summed E-state index contributed by atoms with van der Waals surface area (Å²) >= 11 is 0. The molecule has 3 heteroatoms. The molecule has 0 unspecified atom stereocenters. The maximum atomic E-state index is 12.1. The second-order valence-electron chi connectivity index (χ2n) is 6.17. The zero-order valence-electron chi connectivity index (χ0n) is 13.5. The maximum Gasteiger partial charge on any atom is 0.176 e. The fraction of sp³-hybridized carbons (Fsp3) is 0.611. The molecule has 0 aliphatic carbocycles. The molecule has 1 aliphatic rings. The van der Waals surface area contributed by atoms with Crippen LogP contribution in [0, 0.1) is 13.8 Å². The smallest absolute Gasteiger partial charge is 0.176 e. The minimum atomic E-state index is 0.201. The Morgan fingerprint density at radius 2 is 1.95 bits per heavy atom. The molecule has 0 amide bonds. The Hall–Kier alpha value is -1.19. The molecule has 1 aromatic rings. The van der Waals surface area contributed by atoms with Gasteiger partial charge in [0.15, 0.2) is 5.78 Å². The van der Waals surface area contributed by atoms with Crippen molar-refractivity contribution < 1.29 is 4.79 Å². The molecule has 0 aromatic heterocycles. The molecule has 1 fully saturated rings. The van der Waals surface area contributed by atoms with E-state index in [1.54, 1.807) is 0 Å². The third-order valence-electron chi connectivity index (χ3n) is 4.24. The van der Waals surface area contributed by atoms with E-state index in [-0.39, 0.29) is 5.78 Å². The van der Waals surface area contributed by atoms with Crippen molar-refractivity contribution in [3.63, 3.8) is 0 Å². The third-order valence-corrected chi connectivity index (χ3v) is 4.24. The van der Waals surface area contributed by atoms with Gasteiger partial charge in [0.25, 0.3) is 0 Å². The lowest BCUT2D eigenvalue weighted by molar-refractivity contribution is 0.0990. The number of benzene rings is 1. The predicted octanol–water partition coefficient (Wildman–Crippen LogP) is 2.95. The van der Waals surface area contributed by atoms with E-state index >= 15 is 0 Å². The lowest BCUT2D eigenvalue weighted by atomic mass is 10.0. The molecule has 0 radical (unpaired) electrons. The summed E-state index contributed by atoms with van der Waals surface area (Å²) in [4.78, 5) is 14.7. The van der Waals surface area contributed by atoms with Crippen LogP contribution in [-0.4, -0.2) is 43.4 Å². The summed E-state index contributed by atoms with van der Waals surface area (Å²) in [5.41, 5.74) is 3.14. The molecular formula is C18H28N2O. The van der Waals surface area contributed by atoms with Crippen LogP contribution >= 0.6 is 0 Å². The van der Waals surface area contributed by atoms with Crippen LogP contribution in [0.25, 0.3) is 0 Å². The lowest BCUT2D eigenvalue weighted by Crippen LogP contribution is -2.26. The monoisotopic (exact) mass is 288 g/mol. The van der Waals surface area contributed by atoms with Gasteiger partial charge < -0.3 is 10.2 Å².